The number of hydrogen-bond donors (Lipinski definition) is 0. The fraction of sp³-hybridized carbons (Fsp3) is 0.345. The van der Waals surface area contributed by atoms with Crippen molar-refractivity contribution in [1.29, 1.82) is 0 Å². The van der Waals surface area contributed by atoms with Crippen LogP contribution in [-0.4, -0.2) is 31.4 Å². The van der Waals surface area contributed by atoms with Crippen LogP contribution < -0.4 is 24.4 Å². The molecule has 4 rings (SSSR count). The fourth-order valence-corrected chi connectivity index (χ4v) is 5.66. The van der Waals surface area contributed by atoms with Crippen molar-refractivity contribution in [2.24, 2.45) is 4.99 Å². The molecule has 7 nitrogen and oxygen atoms in total. The smallest absolute Gasteiger partial charge is 0.338 e. The number of carbonyl (C=O) groups excluding carboxylic acids is 1. The topological polar surface area (TPSA) is 79.1 Å². The molecule has 194 valence electrons. The van der Waals surface area contributed by atoms with E-state index in [1.807, 2.05) is 43.3 Å². The van der Waals surface area contributed by atoms with Crippen LogP contribution in [0.4, 0.5) is 0 Å². The van der Waals surface area contributed by atoms with Crippen molar-refractivity contribution in [3.05, 3.63) is 89.6 Å². The van der Waals surface area contributed by atoms with E-state index in [2.05, 4.69) is 24.9 Å². The SMILES string of the molecule is CCOC(=O)C1=C(C)N=c2s/c(=C/c3cc(C(C)C)c(OC)cc3C)c(=O)n2[C@H]1c1ccccc1OC. The molecule has 0 saturated carbocycles. The average Bonchev–Trinajstić information content (AvgIpc) is 3.18. The van der Waals surface area contributed by atoms with Gasteiger partial charge in [-0.15, -0.1) is 0 Å². The van der Waals surface area contributed by atoms with E-state index in [1.165, 1.54) is 11.3 Å². The first-order valence-electron chi connectivity index (χ1n) is 12.2. The number of carbonyl (C=O) groups is 1. The van der Waals surface area contributed by atoms with Crippen molar-refractivity contribution in [3.8, 4) is 11.5 Å². The number of hydrogen-bond acceptors (Lipinski definition) is 7. The number of esters is 1. The van der Waals surface area contributed by atoms with Gasteiger partial charge in [-0.1, -0.05) is 43.4 Å². The van der Waals surface area contributed by atoms with Crippen molar-refractivity contribution in [1.82, 2.24) is 4.57 Å². The van der Waals surface area contributed by atoms with Crippen LogP contribution in [0.1, 0.15) is 61.9 Å². The Balaban J connectivity index is 1.99. The van der Waals surface area contributed by atoms with Gasteiger partial charge in [0.2, 0.25) is 0 Å². The van der Waals surface area contributed by atoms with E-state index < -0.39 is 12.0 Å². The second-order valence-corrected chi connectivity index (χ2v) is 10.2. The Hall–Kier alpha value is -3.65. The number of benzene rings is 2. The van der Waals surface area contributed by atoms with Gasteiger partial charge in [-0.2, -0.15) is 0 Å². The van der Waals surface area contributed by atoms with E-state index in [0.717, 1.165) is 22.4 Å². The molecule has 0 spiro atoms. The molecule has 2 heterocycles. The maximum Gasteiger partial charge on any atom is 0.338 e. The minimum Gasteiger partial charge on any atom is -0.496 e. The summed E-state index contributed by atoms with van der Waals surface area (Å²) in [6.45, 7) is 9.96. The van der Waals surface area contributed by atoms with Gasteiger partial charge in [-0.3, -0.25) is 9.36 Å². The van der Waals surface area contributed by atoms with E-state index >= 15 is 0 Å². The molecule has 37 heavy (non-hydrogen) atoms. The summed E-state index contributed by atoms with van der Waals surface area (Å²) in [4.78, 5) is 32.2. The Morgan fingerprint density at radius 1 is 1.14 bits per heavy atom. The molecule has 0 N–H and O–H groups in total. The molecule has 0 saturated heterocycles. The van der Waals surface area contributed by atoms with Crippen LogP contribution in [0.2, 0.25) is 0 Å². The van der Waals surface area contributed by atoms with Crippen LogP contribution in [0.3, 0.4) is 0 Å². The molecule has 3 aromatic rings. The lowest BCUT2D eigenvalue weighted by Gasteiger charge is -2.25. The minimum atomic E-state index is -0.725. The van der Waals surface area contributed by atoms with Gasteiger partial charge in [-0.05, 0) is 67.7 Å². The monoisotopic (exact) mass is 520 g/mol. The number of aryl methyl sites for hydroxylation is 1. The molecule has 0 fully saturated rings. The first-order valence-corrected chi connectivity index (χ1v) is 13.0. The highest BCUT2D eigenvalue weighted by Gasteiger charge is 2.35. The summed E-state index contributed by atoms with van der Waals surface area (Å²) in [6, 6.07) is 10.7. The Kier molecular flexibility index (Phi) is 7.68. The first-order chi connectivity index (χ1) is 17.7. The molecule has 1 aliphatic heterocycles. The average molecular weight is 521 g/mol. The third kappa shape index (κ3) is 4.85. The fourth-order valence-electron chi connectivity index (χ4n) is 4.62. The summed E-state index contributed by atoms with van der Waals surface area (Å²) in [7, 11) is 3.24. The number of para-hydroxylation sites is 1. The van der Waals surface area contributed by atoms with Crippen LogP contribution in [0.25, 0.3) is 6.08 Å². The molecule has 0 bridgehead atoms. The molecule has 0 unspecified atom stereocenters. The molecule has 1 aromatic heterocycles. The van der Waals surface area contributed by atoms with Gasteiger partial charge < -0.3 is 14.2 Å². The van der Waals surface area contributed by atoms with Crippen LogP contribution in [0.5, 0.6) is 11.5 Å². The zero-order valence-corrected chi connectivity index (χ0v) is 23.1. The van der Waals surface area contributed by atoms with Crippen LogP contribution in [-0.2, 0) is 9.53 Å². The number of rotatable bonds is 7. The van der Waals surface area contributed by atoms with Gasteiger partial charge in [0.1, 0.15) is 17.5 Å². The van der Waals surface area contributed by atoms with Crippen molar-refractivity contribution in [2.45, 2.75) is 46.6 Å². The molecule has 0 radical (unpaired) electrons. The normalized spacial score (nSPS) is 15.5. The van der Waals surface area contributed by atoms with Crippen molar-refractivity contribution in [2.75, 3.05) is 20.8 Å². The standard InChI is InChI=1S/C29H32N2O5S/c1-8-36-28(33)25-18(5)30-29-31(26(25)20-11-9-10-12-22(20)34-6)27(32)24(37-29)15-19-14-21(16(2)3)23(35-7)13-17(19)4/h9-16,26H,8H2,1-7H3/b24-15+/t26-/m0/s1. The summed E-state index contributed by atoms with van der Waals surface area (Å²) >= 11 is 1.30. The van der Waals surface area contributed by atoms with Crippen molar-refractivity contribution < 1.29 is 19.0 Å². The highest BCUT2D eigenvalue weighted by atomic mass is 32.1. The highest BCUT2D eigenvalue weighted by molar-refractivity contribution is 7.07. The second-order valence-electron chi connectivity index (χ2n) is 9.15. The third-order valence-corrected chi connectivity index (χ3v) is 7.46. The molecule has 8 heteroatoms. The summed E-state index contributed by atoms with van der Waals surface area (Å²) in [5.41, 5.74) is 4.31. The molecule has 0 aliphatic carbocycles. The molecule has 2 aromatic carbocycles. The minimum absolute atomic E-state index is 0.216. The zero-order valence-electron chi connectivity index (χ0n) is 22.2. The van der Waals surface area contributed by atoms with Gasteiger partial charge >= 0.3 is 5.97 Å². The maximum atomic E-state index is 13.9. The molecule has 1 aliphatic rings. The predicted octanol–water partition coefficient (Wildman–Crippen LogP) is 4.25. The van der Waals surface area contributed by atoms with E-state index in [1.54, 1.807) is 32.6 Å². The summed E-state index contributed by atoms with van der Waals surface area (Å²) in [6.07, 6.45) is 1.90. The first kappa shape index (κ1) is 26.4. The lowest BCUT2D eigenvalue weighted by molar-refractivity contribution is -0.139. The van der Waals surface area contributed by atoms with Crippen molar-refractivity contribution >= 4 is 23.4 Å². The largest absolute Gasteiger partial charge is 0.496 e. The Morgan fingerprint density at radius 2 is 1.84 bits per heavy atom. The number of thiazole rings is 1. The predicted molar refractivity (Wildman–Crippen MR) is 145 cm³/mol. The number of fused-ring (bicyclic) bond motifs is 1. The van der Waals surface area contributed by atoms with E-state index in [0.29, 0.717) is 31.9 Å². The number of ether oxygens (including phenoxy) is 3. The highest BCUT2D eigenvalue weighted by Crippen LogP contribution is 2.35. The van der Waals surface area contributed by atoms with E-state index in [-0.39, 0.29) is 18.1 Å². The van der Waals surface area contributed by atoms with E-state index in [4.69, 9.17) is 14.2 Å². The van der Waals surface area contributed by atoms with Crippen LogP contribution in [0, 0.1) is 6.92 Å². The summed E-state index contributed by atoms with van der Waals surface area (Å²) < 4.78 is 18.7. The second kappa shape index (κ2) is 10.8. The number of aromatic nitrogens is 1. The zero-order chi connectivity index (χ0) is 26.9. The Labute approximate surface area is 220 Å². The molecular formula is C29H32N2O5S. The van der Waals surface area contributed by atoms with Gasteiger partial charge in [-0.25, -0.2) is 9.79 Å². The Morgan fingerprint density at radius 3 is 2.49 bits per heavy atom. The maximum absolute atomic E-state index is 13.9. The number of allylic oxidation sites excluding steroid dienone is 1. The quantitative estimate of drug-likeness (QED) is 0.435. The summed E-state index contributed by atoms with van der Waals surface area (Å²) in [5, 5.41) is 0. The molecule has 0 amide bonds. The van der Waals surface area contributed by atoms with Gasteiger partial charge in [0, 0.05) is 5.56 Å². The van der Waals surface area contributed by atoms with Gasteiger partial charge in [0.15, 0.2) is 4.80 Å². The van der Waals surface area contributed by atoms with Gasteiger partial charge in [0.05, 0.1) is 36.6 Å². The number of nitrogens with zero attached hydrogens (tertiary/aromatic N) is 2. The van der Waals surface area contributed by atoms with E-state index in [9.17, 15) is 9.59 Å². The third-order valence-electron chi connectivity index (χ3n) is 6.48. The van der Waals surface area contributed by atoms with Crippen LogP contribution >= 0.6 is 11.3 Å². The number of methoxy groups -OCH3 is 2. The molecular weight excluding hydrogens is 488 g/mol. The van der Waals surface area contributed by atoms with Crippen molar-refractivity contribution in [3.63, 3.8) is 0 Å². The molecule has 1 atom stereocenters. The lowest BCUT2D eigenvalue weighted by Crippen LogP contribution is -2.40. The van der Waals surface area contributed by atoms with Crippen LogP contribution in [0.15, 0.2) is 57.5 Å². The summed E-state index contributed by atoms with van der Waals surface area (Å²) in [5.74, 6) is 1.16. The van der Waals surface area contributed by atoms with Gasteiger partial charge in [0.25, 0.3) is 5.56 Å². The Bertz CT molecular complexity index is 1560. The lowest BCUT2D eigenvalue weighted by atomic mass is 9.95.